The lowest BCUT2D eigenvalue weighted by molar-refractivity contribution is 0.0951. The molecular weight excluding hydrogens is 320 g/mol. The minimum Gasteiger partial charge on any atom is -0.496 e. The monoisotopic (exact) mass is 334 g/mol. The molecule has 0 atom stereocenters. The lowest BCUT2D eigenvalue weighted by Gasteiger charge is -2.10. The first-order valence-electron chi connectivity index (χ1n) is 6.07. The van der Waals surface area contributed by atoms with Crippen molar-refractivity contribution in [2.45, 2.75) is 6.54 Å². The van der Waals surface area contributed by atoms with E-state index in [1.807, 2.05) is 24.3 Å². The normalized spacial score (nSPS) is 10.1. The number of hydrogen-bond acceptors (Lipinski definition) is 3. The lowest BCUT2D eigenvalue weighted by Crippen LogP contribution is -2.24. The van der Waals surface area contributed by atoms with E-state index in [-0.39, 0.29) is 5.91 Å². The standard InChI is InChI=1S/C15H15BrN2O2/c1-20-14-5-3-2-4-10(14)9-18-15(19)12-7-6-11(16)8-13(12)17/h2-8H,9,17H2,1H3,(H,18,19). The average molecular weight is 335 g/mol. The summed E-state index contributed by atoms with van der Waals surface area (Å²) in [4.78, 5) is 12.1. The maximum atomic E-state index is 12.1. The Hall–Kier alpha value is -2.01. The van der Waals surface area contributed by atoms with Gasteiger partial charge in [0.1, 0.15) is 5.75 Å². The van der Waals surface area contributed by atoms with E-state index in [1.54, 1.807) is 25.3 Å². The molecule has 104 valence electrons. The fraction of sp³-hybridized carbons (Fsp3) is 0.133. The Morgan fingerprint density at radius 3 is 2.75 bits per heavy atom. The van der Waals surface area contributed by atoms with Gasteiger partial charge in [0.15, 0.2) is 0 Å². The van der Waals surface area contributed by atoms with Crippen LogP contribution in [0.3, 0.4) is 0 Å². The number of nitrogen functional groups attached to an aromatic ring is 1. The first-order valence-corrected chi connectivity index (χ1v) is 6.86. The molecule has 2 aromatic carbocycles. The van der Waals surface area contributed by atoms with Gasteiger partial charge < -0.3 is 15.8 Å². The van der Waals surface area contributed by atoms with Crippen LogP contribution in [0.5, 0.6) is 5.75 Å². The third-order valence-corrected chi connectivity index (χ3v) is 3.38. The third-order valence-electron chi connectivity index (χ3n) is 2.89. The van der Waals surface area contributed by atoms with Crippen molar-refractivity contribution in [1.29, 1.82) is 0 Å². The Bertz CT molecular complexity index is 629. The highest BCUT2D eigenvalue weighted by atomic mass is 79.9. The maximum absolute atomic E-state index is 12.1. The van der Waals surface area contributed by atoms with Crippen molar-refractivity contribution in [3.05, 3.63) is 58.1 Å². The SMILES string of the molecule is COc1ccccc1CNC(=O)c1ccc(Br)cc1N. The summed E-state index contributed by atoms with van der Waals surface area (Å²) >= 11 is 3.31. The number of carbonyl (C=O) groups is 1. The number of rotatable bonds is 4. The number of carbonyl (C=O) groups excluding carboxylic acids is 1. The third kappa shape index (κ3) is 3.30. The van der Waals surface area contributed by atoms with Crippen molar-refractivity contribution in [3.63, 3.8) is 0 Å². The van der Waals surface area contributed by atoms with Gasteiger partial charge in [-0.2, -0.15) is 0 Å². The molecule has 5 heteroatoms. The van der Waals surface area contributed by atoms with Crippen LogP contribution in [0.4, 0.5) is 5.69 Å². The summed E-state index contributed by atoms with van der Waals surface area (Å²) < 4.78 is 6.08. The highest BCUT2D eigenvalue weighted by Gasteiger charge is 2.10. The highest BCUT2D eigenvalue weighted by Crippen LogP contribution is 2.20. The number of nitrogens with two attached hydrogens (primary N) is 1. The quantitative estimate of drug-likeness (QED) is 0.845. The second-order valence-electron chi connectivity index (χ2n) is 4.23. The second-order valence-corrected chi connectivity index (χ2v) is 5.14. The molecule has 0 spiro atoms. The van der Waals surface area contributed by atoms with Gasteiger partial charge in [-0.1, -0.05) is 34.1 Å². The molecule has 4 nitrogen and oxygen atoms in total. The molecule has 2 aromatic rings. The topological polar surface area (TPSA) is 64.3 Å². The second kappa shape index (κ2) is 6.43. The van der Waals surface area contributed by atoms with E-state index >= 15 is 0 Å². The summed E-state index contributed by atoms with van der Waals surface area (Å²) in [5, 5.41) is 2.84. The highest BCUT2D eigenvalue weighted by molar-refractivity contribution is 9.10. The van der Waals surface area contributed by atoms with Crippen molar-refractivity contribution in [2.24, 2.45) is 0 Å². The molecule has 0 aliphatic rings. The predicted molar refractivity (Wildman–Crippen MR) is 82.7 cm³/mol. The van der Waals surface area contributed by atoms with E-state index < -0.39 is 0 Å². The van der Waals surface area contributed by atoms with Crippen molar-refractivity contribution in [1.82, 2.24) is 5.32 Å². The molecular formula is C15H15BrN2O2. The number of methoxy groups -OCH3 is 1. The van der Waals surface area contributed by atoms with Crippen LogP contribution < -0.4 is 15.8 Å². The van der Waals surface area contributed by atoms with Crippen LogP contribution in [0.2, 0.25) is 0 Å². The van der Waals surface area contributed by atoms with E-state index in [9.17, 15) is 4.79 Å². The molecule has 0 aromatic heterocycles. The zero-order valence-corrected chi connectivity index (χ0v) is 12.6. The smallest absolute Gasteiger partial charge is 0.253 e. The molecule has 1 amide bonds. The number of hydrogen-bond donors (Lipinski definition) is 2. The Morgan fingerprint density at radius 2 is 2.05 bits per heavy atom. The van der Waals surface area contributed by atoms with Gasteiger partial charge in [-0.05, 0) is 24.3 Å². The van der Waals surface area contributed by atoms with E-state index in [4.69, 9.17) is 10.5 Å². The summed E-state index contributed by atoms with van der Waals surface area (Å²) in [6.07, 6.45) is 0. The van der Waals surface area contributed by atoms with Crippen molar-refractivity contribution < 1.29 is 9.53 Å². The number of halogens is 1. The number of nitrogens with one attached hydrogen (secondary N) is 1. The van der Waals surface area contributed by atoms with Gasteiger partial charge in [0.05, 0.1) is 12.7 Å². The molecule has 0 bridgehead atoms. The number of amides is 1. The Kier molecular flexibility index (Phi) is 4.63. The average Bonchev–Trinajstić information content (AvgIpc) is 2.45. The van der Waals surface area contributed by atoms with Gasteiger partial charge >= 0.3 is 0 Å². The molecule has 0 saturated heterocycles. The summed E-state index contributed by atoms with van der Waals surface area (Å²) in [6, 6.07) is 12.7. The van der Waals surface area contributed by atoms with Crippen molar-refractivity contribution >= 4 is 27.5 Å². The molecule has 0 aliphatic heterocycles. The predicted octanol–water partition coefficient (Wildman–Crippen LogP) is 2.97. The summed E-state index contributed by atoms with van der Waals surface area (Å²) in [5.41, 5.74) is 7.65. The Balaban J connectivity index is 2.09. The zero-order chi connectivity index (χ0) is 14.5. The van der Waals surface area contributed by atoms with Crippen LogP contribution >= 0.6 is 15.9 Å². The van der Waals surface area contributed by atoms with Crippen LogP contribution in [-0.2, 0) is 6.54 Å². The molecule has 0 fully saturated rings. The maximum Gasteiger partial charge on any atom is 0.253 e. The summed E-state index contributed by atoms with van der Waals surface area (Å²) in [5.74, 6) is 0.539. The molecule has 0 aliphatic carbocycles. The van der Waals surface area contributed by atoms with Crippen LogP contribution in [0.1, 0.15) is 15.9 Å². The molecule has 0 saturated carbocycles. The van der Waals surface area contributed by atoms with Crippen LogP contribution in [-0.4, -0.2) is 13.0 Å². The molecule has 0 unspecified atom stereocenters. The van der Waals surface area contributed by atoms with E-state index in [0.717, 1.165) is 15.8 Å². The molecule has 20 heavy (non-hydrogen) atoms. The first kappa shape index (κ1) is 14.4. The van der Waals surface area contributed by atoms with Crippen LogP contribution in [0.25, 0.3) is 0 Å². The van der Waals surface area contributed by atoms with E-state index in [2.05, 4.69) is 21.2 Å². The van der Waals surface area contributed by atoms with Gasteiger partial charge in [0.2, 0.25) is 0 Å². The van der Waals surface area contributed by atoms with Gasteiger partial charge in [-0.15, -0.1) is 0 Å². The fourth-order valence-corrected chi connectivity index (χ4v) is 2.24. The van der Waals surface area contributed by atoms with Gasteiger partial charge in [0, 0.05) is 22.3 Å². The number of anilines is 1. The lowest BCUT2D eigenvalue weighted by atomic mass is 10.1. The minimum absolute atomic E-state index is 0.207. The van der Waals surface area contributed by atoms with Crippen molar-refractivity contribution in [2.75, 3.05) is 12.8 Å². The molecule has 0 heterocycles. The number of para-hydroxylation sites is 1. The first-order chi connectivity index (χ1) is 9.61. The number of ether oxygens (including phenoxy) is 1. The Morgan fingerprint density at radius 1 is 1.30 bits per heavy atom. The van der Waals surface area contributed by atoms with Gasteiger partial charge in [0.25, 0.3) is 5.91 Å². The van der Waals surface area contributed by atoms with Gasteiger partial charge in [-0.3, -0.25) is 4.79 Å². The molecule has 3 N–H and O–H groups in total. The Labute approximate surface area is 126 Å². The van der Waals surface area contributed by atoms with Crippen LogP contribution in [0, 0.1) is 0 Å². The zero-order valence-electron chi connectivity index (χ0n) is 11.0. The number of benzene rings is 2. The van der Waals surface area contributed by atoms with Gasteiger partial charge in [-0.25, -0.2) is 0 Å². The molecule has 2 rings (SSSR count). The minimum atomic E-state index is -0.207. The summed E-state index contributed by atoms with van der Waals surface area (Å²) in [7, 11) is 1.60. The largest absolute Gasteiger partial charge is 0.496 e. The summed E-state index contributed by atoms with van der Waals surface area (Å²) in [6.45, 7) is 0.387. The van der Waals surface area contributed by atoms with E-state index in [1.165, 1.54) is 0 Å². The fourth-order valence-electron chi connectivity index (χ4n) is 1.86. The van der Waals surface area contributed by atoms with Crippen molar-refractivity contribution in [3.8, 4) is 5.75 Å². The molecule has 0 radical (unpaired) electrons. The van der Waals surface area contributed by atoms with Crippen LogP contribution in [0.15, 0.2) is 46.9 Å². The van der Waals surface area contributed by atoms with E-state index in [0.29, 0.717) is 17.8 Å².